The van der Waals surface area contributed by atoms with Gasteiger partial charge in [0.05, 0.1) is 20.3 Å². The fourth-order valence-corrected chi connectivity index (χ4v) is 2.37. The van der Waals surface area contributed by atoms with Crippen molar-refractivity contribution in [1.82, 2.24) is 0 Å². The molecule has 96 valence electrons. The zero-order valence-electron chi connectivity index (χ0n) is 10.7. The quantitative estimate of drug-likeness (QED) is 0.789. The average molecular weight is 254 g/mol. The van der Waals surface area contributed by atoms with Gasteiger partial charge in [0.25, 0.3) is 0 Å². The summed E-state index contributed by atoms with van der Waals surface area (Å²) in [7, 11) is 1.59. The predicted octanol–water partition coefficient (Wildman–Crippen LogP) is 3.20. The number of hydrogen-bond donors (Lipinski definition) is 0. The van der Waals surface area contributed by atoms with Crippen molar-refractivity contribution in [3.8, 4) is 16.9 Å². The van der Waals surface area contributed by atoms with Crippen LogP contribution >= 0.6 is 0 Å². The topological polar surface area (TPSA) is 35.5 Å². The third-order valence-corrected chi connectivity index (χ3v) is 3.42. The lowest BCUT2D eigenvalue weighted by molar-refractivity contribution is 0.112. The molecule has 0 aliphatic carbocycles. The molecule has 0 bridgehead atoms. The Morgan fingerprint density at radius 2 is 1.95 bits per heavy atom. The molecule has 0 saturated heterocycles. The summed E-state index contributed by atoms with van der Waals surface area (Å²) < 4.78 is 10.6. The molecule has 0 spiro atoms. The summed E-state index contributed by atoms with van der Waals surface area (Å²) in [4.78, 5) is 11.2. The number of ether oxygens (including phenoxy) is 2. The first-order chi connectivity index (χ1) is 9.31. The van der Waals surface area contributed by atoms with Gasteiger partial charge in [-0.2, -0.15) is 0 Å². The highest BCUT2D eigenvalue weighted by Gasteiger charge is 2.13. The second-order valence-electron chi connectivity index (χ2n) is 4.55. The first kappa shape index (κ1) is 11.9. The number of methoxy groups -OCH3 is 1. The summed E-state index contributed by atoms with van der Waals surface area (Å²) in [6.45, 7) is 1.33. The summed E-state index contributed by atoms with van der Waals surface area (Å²) in [6, 6.07) is 11.7. The molecular weight excluding hydrogens is 240 g/mol. The number of hydrogen-bond acceptors (Lipinski definition) is 3. The normalized spacial score (nSPS) is 13.1. The van der Waals surface area contributed by atoms with E-state index < -0.39 is 0 Å². The first-order valence-electron chi connectivity index (χ1n) is 6.15. The fraction of sp³-hybridized carbons (Fsp3) is 0.188. The number of fused-ring (bicyclic) bond motifs is 1. The highest BCUT2D eigenvalue weighted by Crippen LogP contribution is 2.30. The van der Waals surface area contributed by atoms with E-state index in [0.717, 1.165) is 17.4 Å². The van der Waals surface area contributed by atoms with Crippen molar-refractivity contribution in [2.75, 3.05) is 7.11 Å². The molecule has 1 heterocycles. The van der Waals surface area contributed by atoms with E-state index in [-0.39, 0.29) is 0 Å². The van der Waals surface area contributed by atoms with E-state index in [1.807, 2.05) is 18.2 Å². The fourth-order valence-electron chi connectivity index (χ4n) is 2.37. The Morgan fingerprint density at radius 3 is 2.74 bits per heavy atom. The standard InChI is InChI=1S/C16H14O3/c1-18-15-4-5-16(13(7-15)8-17)11-2-3-12-9-19-10-14(12)6-11/h2-8H,9-10H2,1H3. The van der Waals surface area contributed by atoms with Crippen molar-refractivity contribution >= 4 is 6.29 Å². The second kappa shape index (κ2) is 4.86. The van der Waals surface area contributed by atoms with Crippen LogP contribution in [0.1, 0.15) is 21.5 Å². The maximum Gasteiger partial charge on any atom is 0.150 e. The summed E-state index contributed by atoms with van der Waals surface area (Å²) in [5.74, 6) is 0.690. The first-order valence-corrected chi connectivity index (χ1v) is 6.15. The Labute approximate surface area is 111 Å². The van der Waals surface area contributed by atoms with E-state index in [2.05, 4.69) is 12.1 Å². The SMILES string of the molecule is COc1ccc(-c2ccc3c(c2)COC3)c(C=O)c1. The molecule has 3 heteroatoms. The molecule has 0 atom stereocenters. The molecule has 0 N–H and O–H groups in total. The molecule has 0 fully saturated rings. The van der Waals surface area contributed by atoms with Gasteiger partial charge in [-0.3, -0.25) is 4.79 Å². The van der Waals surface area contributed by atoms with Crippen molar-refractivity contribution in [3.05, 3.63) is 53.1 Å². The maximum absolute atomic E-state index is 11.2. The van der Waals surface area contributed by atoms with Crippen LogP contribution in [0, 0.1) is 0 Å². The van der Waals surface area contributed by atoms with Gasteiger partial charge in [0, 0.05) is 5.56 Å². The third kappa shape index (κ3) is 2.13. The van der Waals surface area contributed by atoms with Gasteiger partial charge >= 0.3 is 0 Å². The predicted molar refractivity (Wildman–Crippen MR) is 72.3 cm³/mol. The minimum absolute atomic E-state index is 0.637. The molecule has 3 rings (SSSR count). The number of aldehydes is 1. The summed E-state index contributed by atoms with van der Waals surface area (Å²) in [5, 5.41) is 0. The molecule has 19 heavy (non-hydrogen) atoms. The van der Waals surface area contributed by atoms with Crippen molar-refractivity contribution < 1.29 is 14.3 Å². The molecular formula is C16H14O3. The van der Waals surface area contributed by atoms with Crippen LogP contribution in [0.3, 0.4) is 0 Å². The van der Waals surface area contributed by atoms with E-state index in [1.54, 1.807) is 13.2 Å². The number of rotatable bonds is 3. The Bertz CT molecular complexity index is 632. The number of carbonyl (C=O) groups excluding carboxylic acids is 1. The molecule has 1 aliphatic heterocycles. The van der Waals surface area contributed by atoms with Crippen LogP contribution in [0.5, 0.6) is 5.75 Å². The van der Waals surface area contributed by atoms with Gasteiger partial charge in [0.2, 0.25) is 0 Å². The zero-order chi connectivity index (χ0) is 13.2. The molecule has 3 nitrogen and oxygen atoms in total. The van der Waals surface area contributed by atoms with Crippen LogP contribution in [-0.2, 0) is 18.0 Å². The van der Waals surface area contributed by atoms with Crippen LogP contribution in [0.15, 0.2) is 36.4 Å². The lowest BCUT2D eigenvalue weighted by Crippen LogP contribution is -1.92. The van der Waals surface area contributed by atoms with Gasteiger partial charge in [-0.05, 0) is 46.5 Å². The van der Waals surface area contributed by atoms with E-state index in [1.165, 1.54) is 11.1 Å². The van der Waals surface area contributed by atoms with Crippen molar-refractivity contribution in [1.29, 1.82) is 0 Å². The van der Waals surface area contributed by atoms with Crippen molar-refractivity contribution in [2.24, 2.45) is 0 Å². The zero-order valence-corrected chi connectivity index (χ0v) is 10.7. The van der Waals surface area contributed by atoms with Gasteiger partial charge < -0.3 is 9.47 Å². The molecule has 0 amide bonds. The number of benzene rings is 2. The Balaban J connectivity index is 2.08. The summed E-state index contributed by atoms with van der Waals surface area (Å²) in [6.07, 6.45) is 0.863. The van der Waals surface area contributed by atoms with Crippen molar-refractivity contribution in [2.45, 2.75) is 13.2 Å². The molecule has 0 radical (unpaired) electrons. The van der Waals surface area contributed by atoms with Crippen molar-refractivity contribution in [3.63, 3.8) is 0 Å². The van der Waals surface area contributed by atoms with Crippen LogP contribution in [0.2, 0.25) is 0 Å². The van der Waals surface area contributed by atoms with Gasteiger partial charge in [-0.15, -0.1) is 0 Å². The molecule has 2 aromatic rings. The average Bonchev–Trinajstić information content (AvgIpc) is 2.93. The van der Waals surface area contributed by atoms with E-state index >= 15 is 0 Å². The number of carbonyl (C=O) groups is 1. The molecule has 0 aromatic heterocycles. The Kier molecular flexibility index (Phi) is 3.05. The minimum atomic E-state index is 0.637. The van der Waals surface area contributed by atoms with Gasteiger partial charge in [0.15, 0.2) is 6.29 Å². The van der Waals surface area contributed by atoms with E-state index in [0.29, 0.717) is 24.5 Å². The Hall–Kier alpha value is -2.13. The summed E-state index contributed by atoms with van der Waals surface area (Å²) in [5.41, 5.74) is 5.02. The molecule has 2 aromatic carbocycles. The van der Waals surface area contributed by atoms with Gasteiger partial charge in [-0.1, -0.05) is 12.1 Å². The van der Waals surface area contributed by atoms with Crippen LogP contribution in [0.4, 0.5) is 0 Å². The Morgan fingerprint density at radius 1 is 1.11 bits per heavy atom. The van der Waals surface area contributed by atoms with E-state index in [4.69, 9.17) is 9.47 Å². The minimum Gasteiger partial charge on any atom is -0.497 e. The largest absolute Gasteiger partial charge is 0.497 e. The van der Waals surface area contributed by atoms with E-state index in [9.17, 15) is 4.79 Å². The maximum atomic E-state index is 11.2. The van der Waals surface area contributed by atoms with Gasteiger partial charge in [-0.25, -0.2) is 0 Å². The molecule has 0 saturated carbocycles. The highest BCUT2D eigenvalue weighted by atomic mass is 16.5. The molecule has 0 unspecified atom stereocenters. The highest BCUT2D eigenvalue weighted by molar-refractivity contribution is 5.88. The lowest BCUT2D eigenvalue weighted by Gasteiger charge is -2.09. The lowest BCUT2D eigenvalue weighted by atomic mass is 9.97. The molecule has 1 aliphatic rings. The second-order valence-corrected chi connectivity index (χ2v) is 4.55. The van der Waals surface area contributed by atoms with Crippen LogP contribution in [-0.4, -0.2) is 13.4 Å². The third-order valence-electron chi connectivity index (χ3n) is 3.42. The smallest absolute Gasteiger partial charge is 0.150 e. The van der Waals surface area contributed by atoms with Crippen LogP contribution in [0.25, 0.3) is 11.1 Å². The van der Waals surface area contributed by atoms with Gasteiger partial charge in [0.1, 0.15) is 5.75 Å². The monoisotopic (exact) mass is 254 g/mol. The summed E-state index contributed by atoms with van der Waals surface area (Å²) >= 11 is 0. The van der Waals surface area contributed by atoms with Crippen LogP contribution < -0.4 is 4.74 Å².